The van der Waals surface area contributed by atoms with Crippen molar-refractivity contribution in [1.29, 1.82) is 0 Å². The van der Waals surface area contributed by atoms with E-state index in [1.807, 2.05) is 0 Å². The maximum absolute atomic E-state index is 12.5. The molecule has 2 heterocycles. The Kier molecular flexibility index (Phi) is 4.51. The van der Waals surface area contributed by atoms with Crippen LogP contribution >= 0.6 is 11.6 Å². The number of nitrogens with zero attached hydrogens (tertiary/aromatic N) is 5. The van der Waals surface area contributed by atoms with Crippen molar-refractivity contribution < 1.29 is 9.59 Å². The summed E-state index contributed by atoms with van der Waals surface area (Å²) in [4.78, 5) is 28.3. The van der Waals surface area contributed by atoms with E-state index in [4.69, 9.17) is 11.6 Å². The number of benzene rings is 1. The zero-order valence-corrected chi connectivity index (χ0v) is 14.7. The molecule has 9 nitrogen and oxygen atoms in total. The minimum atomic E-state index is -0.375. The molecule has 1 saturated carbocycles. The van der Waals surface area contributed by atoms with Crippen LogP contribution in [0.25, 0.3) is 5.69 Å². The standard InChI is InChI=1S/C17H14ClN7O2/c18-14-7-12(25-9-20-23-24-25)4-5-13(14)17(27)21-11-3-6-15(19-8-11)22-16(26)10-1-2-10/h3-10H,1-2H2,(H,21,27)(H,19,22,26). The second kappa shape index (κ2) is 7.12. The molecule has 0 saturated heterocycles. The van der Waals surface area contributed by atoms with Crippen molar-refractivity contribution in [1.82, 2.24) is 25.2 Å². The maximum atomic E-state index is 12.5. The summed E-state index contributed by atoms with van der Waals surface area (Å²) in [5.74, 6) is 0.159. The van der Waals surface area contributed by atoms with Crippen LogP contribution in [-0.2, 0) is 4.79 Å². The van der Waals surface area contributed by atoms with Gasteiger partial charge in [0.05, 0.1) is 28.2 Å². The number of pyridine rings is 1. The van der Waals surface area contributed by atoms with Crippen molar-refractivity contribution in [2.24, 2.45) is 5.92 Å². The molecule has 0 atom stereocenters. The molecule has 1 fully saturated rings. The first kappa shape index (κ1) is 17.1. The van der Waals surface area contributed by atoms with E-state index < -0.39 is 0 Å². The van der Waals surface area contributed by atoms with Crippen molar-refractivity contribution in [2.75, 3.05) is 10.6 Å². The largest absolute Gasteiger partial charge is 0.321 e. The van der Waals surface area contributed by atoms with Crippen LogP contribution in [0.5, 0.6) is 0 Å². The van der Waals surface area contributed by atoms with Gasteiger partial charge in [-0.2, -0.15) is 0 Å². The van der Waals surface area contributed by atoms with E-state index in [2.05, 4.69) is 31.1 Å². The van der Waals surface area contributed by atoms with Gasteiger partial charge in [0.2, 0.25) is 5.91 Å². The van der Waals surface area contributed by atoms with Gasteiger partial charge in [-0.05, 0) is 53.6 Å². The fourth-order valence-corrected chi connectivity index (χ4v) is 2.68. The SMILES string of the molecule is O=C(Nc1ccc(NC(=O)C2CC2)nc1)c1ccc(-n2cnnn2)cc1Cl. The Balaban J connectivity index is 1.43. The summed E-state index contributed by atoms with van der Waals surface area (Å²) in [5.41, 5.74) is 1.43. The molecule has 0 bridgehead atoms. The van der Waals surface area contributed by atoms with Gasteiger partial charge >= 0.3 is 0 Å². The average Bonchev–Trinajstić information content (AvgIpc) is 3.38. The molecule has 2 aromatic heterocycles. The zero-order valence-electron chi connectivity index (χ0n) is 14.0. The molecule has 0 unspecified atom stereocenters. The number of carbonyl (C=O) groups excluding carboxylic acids is 2. The lowest BCUT2D eigenvalue weighted by atomic mass is 10.2. The molecule has 1 aromatic carbocycles. The highest BCUT2D eigenvalue weighted by atomic mass is 35.5. The number of aromatic nitrogens is 5. The lowest BCUT2D eigenvalue weighted by Crippen LogP contribution is -2.15. The summed E-state index contributed by atoms with van der Waals surface area (Å²) in [6.45, 7) is 0. The van der Waals surface area contributed by atoms with E-state index in [1.54, 1.807) is 30.3 Å². The molecule has 1 aliphatic rings. The molecular formula is C17H14ClN7O2. The smallest absolute Gasteiger partial charge is 0.257 e. The Morgan fingerprint density at radius 2 is 2.00 bits per heavy atom. The predicted octanol–water partition coefficient (Wildman–Crippen LogP) is 2.31. The quantitative estimate of drug-likeness (QED) is 0.698. The molecule has 0 aliphatic heterocycles. The summed E-state index contributed by atoms with van der Waals surface area (Å²) in [6.07, 6.45) is 4.75. The number of halogens is 1. The maximum Gasteiger partial charge on any atom is 0.257 e. The number of rotatable bonds is 5. The Labute approximate surface area is 158 Å². The highest BCUT2D eigenvalue weighted by Crippen LogP contribution is 2.30. The van der Waals surface area contributed by atoms with E-state index in [9.17, 15) is 9.59 Å². The van der Waals surface area contributed by atoms with Gasteiger partial charge in [-0.15, -0.1) is 5.10 Å². The zero-order chi connectivity index (χ0) is 18.8. The van der Waals surface area contributed by atoms with E-state index in [0.717, 1.165) is 12.8 Å². The minimum absolute atomic E-state index is 0.0197. The topological polar surface area (TPSA) is 115 Å². The van der Waals surface area contributed by atoms with Gasteiger partial charge in [0.25, 0.3) is 5.91 Å². The Morgan fingerprint density at radius 3 is 2.63 bits per heavy atom. The molecular weight excluding hydrogens is 370 g/mol. The van der Waals surface area contributed by atoms with E-state index in [-0.39, 0.29) is 22.8 Å². The van der Waals surface area contributed by atoms with Crippen LogP contribution in [0.15, 0.2) is 42.9 Å². The molecule has 0 spiro atoms. The summed E-state index contributed by atoms with van der Waals surface area (Å²) >= 11 is 6.22. The Morgan fingerprint density at radius 1 is 1.15 bits per heavy atom. The van der Waals surface area contributed by atoms with Crippen LogP contribution in [0.3, 0.4) is 0 Å². The van der Waals surface area contributed by atoms with Crippen molar-refractivity contribution in [3.8, 4) is 5.69 Å². The van der Waals surface area contributed by atoms with Gasteiger partial charge < -0.3 is 10.6 Å². The lowest BCUT2D eigenvalue weighted by molar-refractivity contribution is -0.117. The van der Waals surface area contributed by atoms with Crippen molar-refractivity contribution in [2.45, 2.75) is 12.8 Å². The number of anilines is 2. The molecule has 1 aliphatic carbocycles. The minimum Gasteiger partial charge on any atom is -0.321 e. The number of hydrogen-bond acceptors (Lipinski definition) is 6. The third kappa shape index (κ3) is 3.93. The number of hydrogen-bond donors (Lipinski definition) is 2. The molecule has 2 amide bonds. The third-order valence-electron chi connectivity index (χ3n) is 4.03. The fraction of sp³-hybridized carbons (Fsp3) is 0.176. The summed E-state index contributed by atoms with van der Waals surface area (Å²) < 4.78 is 1.44. The molecule has 10 heteroatoms. The van der Waals surface area contributed by atoms with Gasteiger partial charge in [-0.1, -0.05) is 11.6 Å². The van der Waals surface area contributed by atoms with E-state index in [1.165, 1.54) is 17.2 Å². The summed E-state index contributed by atoms with van der Waals surface area (Å²) in [6, 6.07) is 8.18. The monoisotopic (exact) mass is 383 g/mol. The predicted molar refractivity (Wildman–Crippen MR) is 97.7 cm³/mol. The van der Waals surface area contributed by atoms with Crippen LogP contribution in [0, 0.1) is 5.92 Å². The Bertz CT molecular complexity index is 985. The van der Waals surface area contributed by atoms with Crippen LogP contribution in [-0.4, -0.2) is 37.0 Å². The highest BCUT2D eigenvalue weighted by Gasteiger charge is 2.29. The number of carbonyl (C=O) groups is 2. The van der Waals surface area contributed by atoms with E-state index in [0.29, 0.717) is 22.8 Å². The molecule has 3 aromatic rings. The highest BCUT2D eigenvalue weighted by molar-refractivity contribution is 6.34. The number of tetrazole rings is 1. The molecule has 27 heavy (non-hydrogen) atoms. The van der Waals surface area contributed by atoms with Gasteiger partial charge in [0.15, 0.2) is 0 Å². The number of nitrogens with one attached hydrogen (secondary N) is 2. The van der Waals surface area contributed by atoms with Gasteiger partial charge in [0.1, 0.15) is 12.1 Å². The second-order valence-corrected chi connectivity index (χ2v) is 6.48. The number of amides is 2. The third-order valence-corrected chi connectivity index (χ3v) is 4.34. The first-order chi connectivity index (χ1) is 13.1. The first-order valence-corrected chi connectivity index (χ1v) is 8.59. The van der Waals surface area contributed by atoms with E-state index >= 15 is 0 Å². The molecule has 136 valence electrons. The van der Waals surface area contributed by atoms with Gasteiger partial charge in [-0.3, -0.25) is 9.59 Å². The Hall–Kier alpha value is -3.33. The van der Waals surface area contributed by atoms with Crippen LogP contribution < -0.4 is 10.6 Å². The fourth-order valence-electron chi connectivity index (χ4n) is 2.42. The molecule has 4 rings (SSSR count). The van der Waals surface area contributed by atoms with Gasteiger partial charge in [-0.25, -0.2) is 9.67 Å². The average molecular weight is 384 g/mol. The van der Waals surface area contributed by atoms with Crippen molar-refractivity contribution >= 4 is 34.9 Å². The van der Waals surface area contributed by atoms with Crippen LogP contribution in [0.4, 0.5) is 11.5 Å². The van der Waals surface area contributed by atoms with Crippen LogP contribution in [0.1, 0.15) is 23.2 Å². The van der Waals surface area contributed by atoms with Gasteiger partial charge in [0, 0.05) is 5.92 Å². The summed E-state index contributed by atoms with van der Waals surface area (Å²) in [5, 5.41) is 16.6. The van der Waals surface area contributed by atoms with Crippen LogP contribution in [0.2, 0.25) is 5.02 Å². The molecule has 0 radical (unpaired) electrons. The first-order valence-electron chi connectivity index (χ1n) is 8.21. The van der Waals surface area contributed by atoms with Crippen molar-refractivity contribution in [3.63, 3.8) is 0 Å². The summed E-state index contributed by atoms with van der Waals surface area (Å²) in [7, 11) is 0. The molecule has 2 N–H and O–H groups in total. The normalized spacial score (nSPS) is 13.2. The van der Waals surface area contributed by atoms with Crippen molar-refractivity contribution in [3.05, 3.63) is 53.4 Å². The second-order valence-electron chi connectivity index (χ2n) is 6.07. The lowest BCUT2D eigenvalue weighted by Gasteiger charge is -2.09.